The molecule has 29 heavy (non-hydrogen) atoms. The summed E-state index contributed by atoms with van der Waals surface area (Å²) in [5, 5.41) is 2.71. The SMILES string of the molecule is COc1cccc(NC(=O)c2ccc(=O)n(Cc3ccc(C(F)(F)F)cc3)c2)c1. The molecule has 0 aliphatic rings. The molecule has 0 atom stereocenters. The van der Waals surface area contributed by atoms with E-state index in [1.807, 2.05) is 0 Å². The topological polar surface area (TPSA) is 60.3 Å². The van der Waals surface area contributed by atoms with E-state index in [-0.39, 0.29) is 17.7 Å². The van der Waals surface area contributed by atoms with Gasteiger partial charge in [0.15, 0.2) is 0 Å². The van der Waals surface area contributed by atoms with Gasteiger partial charge in [0, 0.05) is 24.0 Å². The first kappa shape index (κ1) is 20.2. The standard InChI is InChI=1S/C21H17F3N2O3/c1-29-18-4-2-3-17(11-18)25-20(28)15-7-10-19(27)26(13-15)12-14-5-8-16(9-6-14)21(22,23)24/h2-11,13H,12H2,1H3,(H,25,28). The molecule has 0 spiro atoms. The van der Waals surface area contributed by atoms with Crippen LogP contribution >= 0.6 is 0 Å². The van der Waals surface area contributed by atoms with Crippen molar-refractivity contribution in [2.45, 2.75) is 12.7 Å². The van der Waals surface area contributed by atoms with Gasteiger partial charge in [0.25, 0.3) is 11.5 Å². The van der Waals surface area contributed by atoms with E-state index in [9.17, 15) is 22.8 Å². The highest BCUT2D eigenvalue weighted by molar-refractivity contribution is 6.04. The Morgan fingerprint density at radius 2 is 1.79 bits per heavy atom. The van der Waals surface area contributed by atoms with Gasteiger partial charge in [-0.05, 0) is 35.9 Å². The van der Waals surface area contributed by atoms with Crippen LogP contribution < -0.4 is 15.6 Å². The Hall–Kier alpha value is -3.55. The fourth-order valence-corrected chi connectivity index (χ4v) is 2.69. The average Bonchev–Trinajstić information content (AvgIpc) is 2.69. The van der Waals surface area contributed by atoms with Gasteiger partial charge in [-0.15, -0.1) is 0 Å². The first-order valence-corrected chi connectivity index (χ1v) is 8.58. The third-order valence-electron chi connectivity index (χ3n) is 4.21. The van der Waals surface area contributed by atoms with Crippen LogP contribution in [0.5, 0.6) is 5.75 Å². The van der Waals surface area contributed by atoms with E-state index in [4.69, 9.17) is 4.74 Å². The molecule has 0 saturated heterocycles. The number of benzene rings is 2. The monoisotopic (exact) mass is 402 g/mol. The van der Waals surface area contributed by atoms with Crippen molar-refractivity contribution in [2.75, 3.05) is 12.4 Å². The summed E-state index contributed by atoms with van der Waals surface area (Å²) in [5.74, 6) is 0.148. The lowest BCUT2D eigenvalue weighted by Crippen LogP contribution is -2.22. The molecule has 0 unspecified atom stereocenters. The lowest BCUT2D eigenvalue weighted by molar-refractivity contribution is -0.137. The molecule has 0 bridgehead atoms. The highest BCUT2D eigenvalue weighted by Gasteiger charge is 2.29. The van der Waals surface area contributed by atoms with Crippen molar-refractivity contribution in [3.8, 4) is 5.75 Å². The number of ether oxygens (including phenoxy) is 1. The van der Waals surface area contributed by atoms with Crippen LogP contribution in [0.4, 0.5) is 18.9 Å². The number of carbonyl (C=O) groups is 1. The molecule has 0 saturated carbocycles. The van der Waals surface area contributed by atoms with Crippen molar-refractivity contribution in [3.05, 3.63) is 93.9 Å². The van der Waals surface area contributed by atoms with Gasteiger partial charge in [-0.1, -0.05) is 18.2 Å². The Balaban J connectivity index is 1.78. The van der Waals surface area contributed by atoms with Gasteiger partial charge in [0.05, 0.1) is 24.8 Å². The van der Waals surface area contributed by atoms with Crippen molar-refractivity contribution in [3.63, 3.8) is 0 Å². The van der Waals surface area contributed by atoms with Crippen molar-refractivity contribution >= 4 is 11.6 Å². The number of hydrogen-bond donors (Lipinski definition) is 1. The third kappa shape index (κ3) is 5.04. The number of anilines is 1. The summed E-state index contributed by atoms with van der Waals surface area (Å²) in [6.07, 6.45) is -3.05. The molecule has 1 amide bonds. The quantitative estimate of drug-likeness (QED) is 0.697. The highest BCUT2D eigenvalue weighted by Crippen LogP contribution is 2.29. The molecule has 1 aromatic heterocycles. The summed E-state index contributed by atoms with van der Waals surface area (Å²) < 4.78 is 44.4. The van der Waals surface area contributed by atoms with Crippen LogP contribution in [0.2, 0.25) is 0 Å². The normalized spacial score (nSPS) is 11.2. The molecular weight excluding hydrogens is 385 g/mol. The molecule has 8 heteroatoms. The summed E-state index contributed by atoms with van der Waals surface area (Å²) in [5.41, 5.74) is 0.127. The number of nitrogens with zero attached hydrogens (tertiary/aromatic N) is 1. The van der Waals surface area contributed by atoms with Crippen molar-refractivity contribution in [1.29, 1.82) is 0 Å². The molecule has 0 aliphatic carbocycles. The zero-order valence-corrected chi connectivity index (χ0v) is 15.4. The van der Waals surface area contributed by atoms with E-state index in [1.165, 1.54) is 42.1 Å². The second-order valence-electron chi connectivity index (χ2n) is 6.26. The zero-order chi connectivity index (χ0) is 21.0. The van der Waals surface area contributed by atoms with Gasteiger partial charge >= 0.3 is 6.18 Å². The molecule has 150 valence electrons. The number of hydrogen-bond acceptors (Lipinski definition) is 3. The Bertz CT molecular complexity index is 1070. The second-order valence-corrected chi connectivity index (χ2v) is 6.26. The number of halogens is 3. The molecule has 0 radical (unpaired) electrons. The first-order chi connectivity index (χ1) is 13.8. The van der Waals surface area contributed by atoms with Gasteiger partial charge in [0.1, 0.15) is 5.75 Å². The maximum absolute atomic E-state index is 12.7. The number of alkyl halides is 3. The minimum Gasteiger partial charge on any atom is -0.497 e. The Morgan fingerprint density at radius 3 is 2.45 bits per heavy atom. The molecule has 0 fully saturated rings. The lowest BCUT2D eigenvalue weighted by Gasteiger charge is -2.11. The van der Waals surface area contributed by atoms with Crippen LogP contribution in [0.3, 0.4) is 0 Å². The van der Waals surface area contributed by atoms with Crippen LogP contribution in [0, 0.1) is 0 Å². The maximum atomic E-state index is 12.7. The molecular formula is C21H17F3N2O3. The Labute approximate surface area is 164 Å². The number of rotatable bonds is 5. The van der Waals surface area contributed by atoms with Crippen molar-refractivity contribution in [1.82, 2.24) is 4.57 Å². The highest BCUT2D eigenvalue weighted by atomic mass is 19.4. The van der Waals surface area contributed by atoms with Crippen molar-refractivity contribution < 1.29 is 22.7 Å². The van der Waals surface area contributed by atoms with Crippen LogP contribution in [0.25, 0.3) is 0 Å². The fraction of sp³-hybridized carbons (Fsp3) is 0.143. The minimum atomic E-state index is -4.42. The van der Waals surface area contributed by atoms with Crippen molar-refractivity contribution in [2.24, 2.45) is 0 Å². The maximum Gasteiger partial charge on any atom is 0.416 e. The smallest absolute Gasteiger partial charge is 0.416 e. The van der Waals surface area contributed by atoms with Crippen LogP contribution in [-0.2, 0) is 12.7 Å². The summed E-state index contributed by atoms with van der Waals surface area (Å²) in [7, 11) is 1.51. The largest absolute Gasteiger partial charge is 0.497 e. The lowest BCUT2D eigenvalue weighted by atomic mass is 10.1. The molecule has 1 heterocycles. The molecule has 1 N–H and O–H groups in total. The zero-order valence-electron chi connectivity index (χ0n) is 15.4. The summed E-state index contributed by atoms with van der Waals surface area (Å²) >= 11 is 0. The molecule has 2 aromatic carbocycles. The van der Waals surface area contributed by atoms with E-state index >= 15 is 0 Å². The van der Waals surface area contributed by atoms with Gasteiger partial charge in [-0.3, -0.25) is 9.59 Å². The van der Waals surface area contributed by atoms with Crippen LogP contribution in [-0.4, -0.2) is 17.6 Å². The average molecular weight is 402 g/mol. The van der Waals surface area contributed by atoms with E-state index in [2.05, 4.69) is 5.32 Å². The number of aromatic nitrogens is 1. The number of nitrogens with one attached hydrogen (secondary N) is 1. The molecule has 5 nitrogen and oxygen atoms in total. The predicted octanol–water partition coefficient (Wildman–Crippen LogP) is 4.18. The Kier molecular flexibility index (Phi) is 5.72. The third-order valence-corrected chi connectivity index (χ3v) is 4.21. The number of carbonyl (C=O) groups excluding carboxylic acids is 1. The minimum absolute atomic E-state index is 0.0389. The Morgan fingerprint density at radius 1 is 1.07 bits per heavy atom. The molecule has 0 aliphatic heterocycles. The van der Waals surface area contributed by atoms with E-state index < -0.39 is 17.6 Å². The van der Waals surface area contributed by atoms with Crippen LogP contribution in [0.1, 0.15) is 21.5 Å². The van der Waals surface area contributed by atoms with Crippen LogP contribution in [0.15, 0.2) is 71.7 Å². The summed E-state index contributed by atoms with van der Waals surface area (Å²) in [6.45, 7) is 0.0389. The number of methoxy groups -OCH3 is 1. The second kappa shape index (κ2) is 8.22. The van der Waals surface area contributed by atoms with Gasteiger partial charge in [-0.25, -0.2) is 0 Å². The number of amides is 1. The number of pyridine rings is 1. The van der Waals surface area contributed by atoms with E-state index in [0.717, 1.165) is 12.1 Å². The summed E-state index contributed by atoms with van der Waals surface area (Å²) in [6, 6.07) is 14.0. The predicted molar refractivity (Wildman–Crippen MR) is 102 cm³/mol. The molecule has 3 rings (SSSR count). The summed E-state index contributed by atoms with van der Waals surface area (Å²) in [4.78, 5) is 24.6. The van der Waals surface area contributed by atoms with Gasteiger partial charge < -0.3 is 14.6 Å². The molecule has 3 aromatic rings. The fourth-order valence-electron chi connectivity index (χ4n) is 2.69. The van der Waals surface area contributed by atoms with Gasteiger partial charge in [-0.2, -0.15) is 13.2 Å². The van der Waals surface area contributed by atoms with Gasteiger partial charge in [0.2, 0.25) is 0 Å². The van der Waals surface area contributed by atoms with E-state index in [0.29, 0.717) is 17.0 Å². The van der Waals surface area contributed by atoms with E-state index in [1.54, 1.807) is 24.3 Å². The first-order valence-electron chi connectivity index (χ1n) is 8.58.